The zero-order valence-corrected chi connectivity index (χ0v) is 36.0. The highest BCUT2D eigenvalue weighted by Gasteiger charge is 2.25. The molecule has 61 heavy (non-hydrogen) atoms. The Balaban J connectivity index is 1.20. The lowest BCUT2D eigenvalue weighted by Gasteiger charge is -2.28. The van der Waals surface area contributed by atoms with Crippen molar-refractivity contribution >= 4 is 0 Å². The molecule has 0 unspecified atom stereocenters. The van der Waals surface area contributed by atoms with Crippen molar-refractivity contribution in [3.8, 4) is 44.9 Å². The molecule has 8 aromatic rings. The van der Waals surface area contributed by atoms with Gasteiger partial charge in [-0.05, 0) is 111 Å². The molecule has 0 saturated heterocycles. The summed E-state index contributed by atoms with van der Waals surface area (Å²) in [5, 5.41) is 0. The molecule has 5 aromatic carbocycles. The van der Waals surface area contributed by atoms with Crippen LogP contribution in [0.3, 0.4) is 0 Å². The van der Waals surface area contributed by atoms with Gasteiger partial charge >= 0.3 is 0 Å². The molecule has 3 aromatic heterocycles. The van der Waals surface area contributed by atoms with E-state index in [-0.39, 0.29) is 22.0 Å². The van der Waals surface area contributed by atoms with Crippen molar-refractivity contribution in [1.29, 1.82) is 0 Å². The average Bonchev–Trinajstić information content (AvgIpc) is 3.32. The van der Waals surface area contributed by atoms with Crippen molar-refractivity contribution < 1.29 is 5.48 Å². The molecule has 3 heteroatoms. The van der Waals surface area contributed by atoms with E-state index in [1.54, 1.807) is 6.20 Å². The van der Waals surface area contributed by atoms with Crippen molar-refractivity contribution in [2.24, 2.45) is 0 Å². The molecule has 3 nitrogen and oxygen atoms in total. The van der Waals surface area contributed by atoms with E-state index in [2.05, 4.69) is 101 Å². The lowest BCUT2D eigenvalue weighted by molar-refractivity contribution is 0.512. The molecule has 8 rings (SSSR count). The van der Waals surface area contributed by atoms with E-state index in [0.29, 0.717) is 24.1 Å². The normalized spacial score (nSPS) is 13.2. The largest absolute Gasteiger partial charge is 0.256 e. The van der Waals surface area contributed by atoms with Crippen LogP contribution in [0.15, 0.2) is 182 Å². The molecule has 0 fully saturated rings. The van der Waals surface area contributed by atoms with Gasteiger partial charge in [-0.2, -0.15) is 0 Å². The van der Waals surface area contributed by atoms with E-state index < -0.39 is 12.7 Å². The first-order chi connectivity index (χ1) is 31.1. The molecule has 0 bridgehead atoms. The Kier molecular flexibility index (Phi) is 11.0. The van der Waals surface area contributed by atoms with E-state index in [4.69, 9.17) is 15.0 Å². The molecule has 0 radical (unpaired) electrons. The molecule has 3 heterocycles. The molecule has 0 saturated carbocycles. The Labute approximate surface area is 369 Å². The van der Waals surface area contributed by atoms with Gasteiger partial charge in [0, 0.05) is 40.8 Å². The average molecular weight is 800 g/mol. The summed E-state index contributed by atoms with van der Waals surface area (Å²) in [5.74, 6) is 0. The number of nitrogens with zero attached hydrogens (tertiary/aromatic N) is 3. The lowest BCUT2D eigenvalue weighted by Crippen LogP contribution is -2.23. The summed E-state index contributed by atoms with van der Waals surface area (Å²) in [7, 11) is 0. The van der Waals surface area contributed by atoms with Crippen LogP contribution < -0.4 is 0 Å². The number of benzene rings is 5. The summed E-state index contributed by atoms with van der Waals surface area (Å²) < 4.78 is 39.6. The Morgan fingerprint density at radius 1 is 0.426 bits per heavy atom. The standard InChI is InChI=1S/C58H57N3/c1-6-16-42-23-26-46(27-24-42)53-36-56(49-21-14-9-15-22-49)59-39-50(53)28-25-43-33-44(37-57(2,3)51-29-31-54(60-40-51)47-17-10-7-11-18-47)35-45(34-43)38-58(4,5)52-30-32-55(61-41-52)48-19-12-8-13-20-48/h7-15,17-24,26-27,29-36,39-41H,6,16,25,28,37-38H2,1-5H3/i25D2,28D2. The second-order valence-corrected chi connectivity index (χ2v) is 17.4. The molecular weight excluding hydrogens is 739 g/mol. The quantitative estimate of drug-likeness (QED) is 0.104. The fourth-order valence-corrected chi connectivity index (χ4v) is 8.25. The molecule has 0 atom stereocenters. The van der Waals surface area contributed by atoms with Gasteiger partial charge in [0.05, 0.1) is 17.1 Å². The third-order valence-electron chi connectivity index (χ3n) is 11.7. The molecule has 0 spiro atoms. The molecule has 0 aliphatic heterocycles. The minimum Gasteiger partial charge on any atom is -0.256 e. The van der Waals surface area contributed by atoms with Crippen molar-refractivity contribution in [3.05, 3.63) is 221 Å². The summed E-state index contributed by atoms with van der Waals surface area (Å²) in [4.78, 5) is 14.5. The van der Waals surface area contributed by atoms with Crippen LogP contribution in [0, 0.1) is 0 Å². The predicted octanol–water partition coefficient (Wildman–Crippen LogP) is 14.3. The van der Waals surface area contributed by atoms with Crippen molar-refractivity contribution in [1.82, 2.24) is 15.0 Å². The van der Waals surface area contributed by atoms with Crippen LogP contribution in [0.5, 0.6) is 0 Å². The number of aryl methyl sites for hydroxylation is 3. The first-order valence-corrected chi connectivity index (χ1v) is 21.5. The maximum absolute atomic E-state index is 9.91. The van der Waals surface area contributed by atoms with Gasteiger partial charge in [-0.1, -0.05) is 187 Å². The summed E-state index contributed by atoms with van der Waals surface area (Å²) in [6.45, 7) is 10.9. The maximum Gasteiger partial charge on any atom is 0.0708 e. The molecular formula is C58H57N3. The van der Waals surface area contributed by atoms with Crippen LogP contribution in [-0.4, -0.2) is 15.0 Å². The summed E-state index contributed by atoms with van der Waals surface area (Å²) in [6, 6.07) is 54.6. The summed E-state index contributed by atoms with van der Waals surface area (Å²) in [6.07, 6.45) is 3.59. The SMILES string of the molecule is [2H]C([2H])(c1cc(CC(C)(C)c2ccc(-c3ccccc3)nc2)cc(CC(C)(C)c2ccc(-c3ccccc3)nc2)c1)C([2H])([2H])c1cnc(-c2ccccc2)cc1-c1ccc(CCC)cc1. The number of aromatic nitrogens is 3. The second-order valence-electron chi connectivity index (χ2n) is 17.4. The van der Waals surface area contributed by atoms with Gasteiger partial charge in [-0.3, -0.25) is 15.0 Å². The molecule has 304 valence electrons. The Bertz CT molecular complexity index is 2730. The number of hydrogen-bond acceptors (Lipinski definition) is 3. The summed E-state index contributed by atoms with van der Waals surface area (Å²) in [5.41, 5.74) is 11.8. The summed E-state index contributed by atoms with van der Waals surface area (Å²) >= 11 is 0. The van der Waals surface area contributed by atoms with Gasteiger partial charge in [-0.25, -0.2) is 0 Å². The molecule has 0 amide bonds. The zero-order chi connectivity index (χ0) is 45.8. The molecule has 0 aliphatic rings. The highest BCUT2D eigenvalue weighted by atomic mass is 14.7. The van der Waals surface area contributed by atoms with Gasteiger partial charge in [0.2, 0.25) is 0 Å². The Morgan fingerprint density at radius 2 is 0.885 bits per heavy atom. The first kappa shape index (κ1) is 36.4. The second kappa shape index (κ2) is 18.4. The van der Waals surface area contributed by atoms with E-state index in [0.717, 1.165) is 68.7 Å². The maximum atomic E-state index is 9.91. The van der Waals surface area contributed by atoms with Crippen molar-refractivity contribution in [2.45, 2.75) is 83.9 Å². The molecule has 0 aliphatic carbocycles. The zero-order valence-electron chi connectivity index (χ0n) is 40.0. The fraction of sp³-hybridized carbons (Fsp3) is 0.224. The lowest BCUT2D eigenvalue weighted by atomic mass is 9.77. The van der Waals surface area contributed by atoms with E-state index in [9.17, 15) is 5.48 Å². The number of rotatable bonds is 15. The third-order valence-corrected chi connectivity index (χ3v) is 11.7. The Morgan fingerprint density at radius 3 is 1.34 bits per heavy atom. The smallest absolute Gasteiger partial charge is 0.0708 e. The van der Waals surface area contributed by atoms with Gasteiger partial charge < -0.3 is 0 Å². The van der Waals surface area contributed by atoms with Gasteiger partial charge in [0.1, 0.15) is 0 Å². The van der Waals surface area contributed by atoms with E-state index in [1.807, 2.05) is 109 Å². The van der Waals surface area contributed by atoms with Crippen LogP contribution >= 0.6 is 0 Å². The number of hydrogen-bond donors (Lipinski definition) is 0. The molecule has 0 N–H and O–H groups in total. The van der Waals surface area contributed by atoms with E-state index >= 15 is 0 Å². The van der Waals surface area contributed by atoms with Gasteiger partial charge in [0.25, 0.3) is 0 Å². The van der Waals surface area contributed by atoms with Crippen molar-refractivity contribution in [3.63, 3.8) is 0 Å². The minimum atomic E-state index is -2.50. The van der Waals surface area contributed by atoms with Gasteiger partial charge in [-0.15, -0.1) is 0 Å². The Hall–Kier alpha value is -6.45. The fourth-order valence-electron chi connectivity index (χ4n) is 8.25. The van der Waals surface area contributed by atoms with Gasteiger partial charge in [0.15, 0.2) is 0 Å². The first-order valence-electron chi connectivity index (χ1n) is 23.5. The van der Waals surface area contributed by atoms with E-state index in [1.165, 1.54) is 5.56 Å². The predicted molar refractivity (Wildman–Crippen MR) is 256 cm³/mol. The highest BCUT2D eigenvalue weighted by Crippen LogP contribution is 2.34. The van der Waals surface area contributed by atoms with Crippen LogP contribution in [-0.2, 0) is 42.8 Å². The minimum absolute atomic E-state index is 0.201. The monoisotopic (exact) mass is 799 g/mol. The van der Waals surface area contributed by atoms with Crippen LogP contribution in [0.4, 0.5) is 0 Å². The van der Waals surface area contributed by atoms with Crippen molar-refractivity contribution in [2.75, 3.05) is 0 Å². The van der Waals surface area contributed by atoms with Crippen LogP contribution in [0.25, 0.3) is 44.9 Å². The van der Waals surface area contributed by atoms with Crippen LogP contribution in [0.2, 0.25) is 0 Å². The van der Waals surface area contributed by atoms with Crippen LogP contribution in [0.1, 0.15) is 85.5 Å². The topological polar surface area (TPSA) is 38.7 Å². The highest BCUT2D eigenvalue weighted by molar-refractivity contribution is 5.73. The third kappa shape index (κ3) is 10.1. The number of pyridine rings is 3.